The molecule has 2 atom stereocenters. The number of rotatable bonds is 7. The van der Waals surface area contributed by atoms with E-state index in [1.54, 1.807) is 4.90 Å². The first-order chi connectivity index (χ1) is 12.6. The van der Waals surface area contributed by atoms with Crippen LogP contribution < -0.4 is 10.2 Å². The van der Waals surface area contributed by atoms with Crippen molar-refractivity contribution in [3.8, 4) is 0 Å². The molecule has 1 aliphatic rings. The largest absolute Gasteiger partial charge is 0.356 e. The van der Waals surface area contributed by atoms with Crippen molar-refractivity contribution < 1.29 is 9.59 Å². The van der Waals surface area contributed by atoms with Gasteiger partial charge in [-0.2, -0.15) is 0 Å². The fraction of sp³-hybridized carbons (Fsp3) is 0.333. The zero-order valence-corrected chi connectivity index (χ0v) is 15.6. The van der Waals surface area contributed by atoms with E-state index < -0.39 is 0 Å². The van der Waals surface area contributed by atoms with Crippen LogP contribution in [-0.2, 0) is 16.0 Å². The summed E-state index contributed by atoms with van der Waals surface area (Å²) in [5.74, 6) is -0.413. The lowest BCUT2D eigenvalue weighted by atomic mass is 10.1. The lowest BCUT2D eigenvalue weighted by Crippen LogP contribution is -2.34. The highest BCUT2D eigenvalue weighted by Crippen LogP contribution is 2.40. The van der Waals surface area contributed by atoms with Crippen molar-refractivity contribution in [1.82, 2.24) is 5.32 Å². The van der Waals surface area contributed by atoms with Crippen molar-refractivity contribution in [3.63, 3.8) is 0 Å². The fourth-order valence-electron chi connectivity index (χ4n) is 3.19. The Morgan fingerprint density at radius 1 is 1.12 bits per heavy atom. The molecule has 2 unspecified atom stereocenters. The average molecular weight is 371 g/mol. The standard InChI is InChI=1S/C21H23ClN2O2/c1-2-24(17-9-4-3-5-10-17)21(26)19-14-18(19)20(25)23-12-11-15-7-6-8-16(22)13-15/h3-10,13,18-19H,2,11-12,14H2,1H3,(H,23,25). The molecule has 2 amide bonds. The molecule has 3 rings (SSSR count). The molecule has 26 heavy (non-hydrogen) atoms. The molecule has 0 bridgehead atoms. The van der Waals surface area contributed by atoms with Crippen molar-refractivity contribution in [2.75, 3.05) is 18.0 Å². The number of hydrogen-bond acceptors (Lipinski definition) is 2. The summed E-state index contributed by atoms with van der Waals surface area (Å²) in [5.41, 5.74) is 1.97. The summed E-state index contributed by atoms with van der Waals surface area (Å²) >= 11 is 5.97. The van der Waals surface area contributed by atoms with Gasteiger partial charge < -0.3 is 10.2 Å². The zero-order valence-electron chi connectivity index (χ0n) is 14.8. The number of nitrogens with zero attached hydrogens (tertiary/aromatic N) is 1. The van der Waals surface area contributed by atoms with Crippen LogP contribution in [0.1, 0.15) is 18.9 Å². The molecule has 0 aliphatic heterocycles. The number of para-hydroxylation sites is 1. The van der Waals surface area contributed by atoms with Gasteiger partial charge in [0.25, 0.3) is 0 Å². The summed E-state index contributed by atoms with van der Waals surface area (Å²) in [6.07, 6.45) is 1.36. The molecule has 1 aliphatic carbocycles. The Morgan fingerprint density at radius 3 is 2.58 bits per heavy atom. The van der Waals surface area contributed by atoms with Gasteiger partial charge in [-0.1, -0.05) is 41.9 Å². The van der Waals surface area contributed by atoms with Crippen LogP contribution in [0.4, 0.5) is 5.69 Å². The van der Waals surface area contributed by atoms with E-state index in [9.17, 15) is 9.59 Å². The molecule has 0 radical (unpaired) electrons. The van der Waals surface area contributed by atoms with E-state index >= 15 is 0 Å². The normalized spacial score (nSPS) is 18.2. The van der Waals surface area contributed by atoms with Crippen molar-refractivity contribution in [3.05, 3.63) is 65.2 Å². The smallest absolute Gasteiger partial charge is 0.230 e. The number of hydrogen-bond donors (Lipinski definition) is 1. The summed E-state index contributed by atoms with van der Waals surface area (Å²) < 4.78 is 0. The van der Waals surface area contributed by atoms with E-state index in [0.717, 1.165) is 17.7 Å². The SMILES string of the molecule is CCN(C(=O)C1CC1C(=O)NCCc1cccc(Cl)c1)c1ccccc1. The van der Waals surface area contributed by atoms with E-state index in [1.807, 2.05) is 61.5 Å². The number of benzene rings is 2. The van der Waals surface area contributed by atoms with Gasteiger partial charge in [-0.05, 0) is 49.6 Å². The predicted molar refractivity (Wildman–Crippen MR) is 104 cm³/mol. The van der Waals surface area contributed by atoms with Crippen LogP contribution >= 0.6 is 11.6 Å². The van der Waals surface area contributed by atoms with Gasteiger partial charge in [0.2, 0.25) is 11.8 Å². The number of anilines is 1. The molecular weight excluding hydrogens is 348 g/mol. The van der Waals surface area contributed by atoms with Crippen LogP contribution in [0.25, 0.3) is 0 Å². The van der Waals surface area contributed by atoms with Crippen LogP contribution in [0.2, 0.25) is 5.02 Å². The summed E-state index contributed by atoms with van der Waals surface area (Å²) in [6.45, 7) is 3.10. The Kier molecular flexibility index (Phi) is 5.94. The lowest BCUT2D eigenvalue weighted by Gasteiger charge is -2.21. The number of amides is 2. The summed E-state index contributed by atoms with van der Waals surface area (Å²) in [4.78, 5) is 26.8. The maximum absolute atomic E-state index is 12.7. The molecule has 136 valence electrons. The summed E-state index contributed by atoms with van der Waals surface area (Å²) in [6, 6.07) is 17.2. The molecule has 2 aromatic rings. The zero-order chi connectivity index (χ0) is 18.5. The van der Waals surface area contributed by atoms with Crippen LogP contribution in [0, 0.1) is 11.8 Å². The van der Waals surface area contributed by atoms with Crippen LogP contribution in [0.5, 0.6) is 0 Å². The highest BCUT2D eigenvalue weighted by Gasteiger charge is 2.49. The second kappa shape index (κ2) is 8.37. The van der Waals surface area contributed by atoms with Crippen molar-refractivity contribution in [2.24, 2.45) is 11.8 Å². The third-order valence-corrected chi connectivity index (χ3v) is 4.93. The number of halogens is 1. The molecule has 1 N–H and O–H groups in total. The Balaban J connectivity index is 1.49. The molecule has 0 aromatic heterocycles. The Hall–Kier alpha value is -2.33. The van der Waals surface area contributed by atoms with Gasteiger partial charge in [0, 0.05) is 23.8 Å². The van der Waals surface area contributed by atoms with Crippen molar-refractivity contribution >= 4 is 29.1 Å². The first kappa shape index (κ1) is 18.5. The quantitative estimate of drug-likeness (QED) is 0.808. The monoisotopic (exact) mass is 370 g/mol. The minimum Gasteiger partial charge on any atom is -0.356 e. The minimum absolute atomic E-state index is 0.0329. The molecule has 5 heteroatoms. The Labute approximate surface area is 159 Å². The van der Waals surface area contributed by atoms with Gasteiger partial charge in [0.1, 0.15) is 0 Å². The summed E-state index contributed by atoms with van der Waals surface area (Å²) in [5, 5.41) is 3.64. The Morgan fingerprint density at radius 2 is 1.88 bits per heavy atom. The highest BCUT2D eigenvalue weighted by atomic mass is 35.5. The maximum Gasteiger partial charge on any atom is 0.230 e. The van der Waals surface area contributed by atoms with Gasteiger partial charge in [0.05, 0.1) is 11.8 Å². The molecule has 1 saturated carbocycles. The summed E-state index contributed by atoms with van der Waals surface area (Å²) in [7, 11) is 0. The molecular formula is C21H23ClN2O2. The van der Waals surface area contributed by atoms with Gasteiger partial charge >= 0.3 is 0 Å². The Bertz CT molecular complexity index is 779. The van der Waals surface area contributed by atoms with Gasteiger partial charge in [-0.3, -0.25) is 9.59 Å². The highest BCUT2D eigenvalue weighted by molar-refractivity contribution is 6.30. The van der Waals surface area contributed by atoms with Crippen LogP contribution in [-0.4, -0.2) is 24.9 Å². The number of nitrogens with one attached hydrogen (secondary N) is 1. The topological polar surface area (TPSA) is 49.4 Å². The number of carbonyl (C=O) groups is 2. The first-order valence-corrected chi connectivity index (χ1v) is 9.36. The fourth-order valence-corrected chi connectivity index (χ4v) is 3.40. The van der Waals surface area contributed by atoms with Gasteiger partial charge in [0.15, 0.2) is 0 Å². The molecule has 0 spiro atoms. The molecule has 0 heterocycles. The second-order valence-electron chi connectivity index (χ2n) is 6.54. The molecule has 0 saturated heterocycles. The minimum atomic E-state index is -0.209. The maximum atomic E-state index is 12.7. The van der Waals surface area contributed by atoms with E-state index in [2.05, 4.69) is 5.32 Å². The first-order valence-electron chi connectivity index (χ1n) is 8.98. The third kappa shape index (κ3) is 4.44. The van der Waals surface area contributed by atoms with E-state index in [4.69, 9.17) is 11.6 Å². The molecule has 4 nitrogen and oxygen atoms in total. The van der Waals surface area contributed by atoms with E-state index in [0.29, 0.717) is 24.5 Å². The second-order valence-corrected chi connectivity index (χ2v) is 6.97. The van der Waals surface area contributed by atoms with Gasteiger partial charge in [-0.25, -0.2) is 0 Å². The van der Waals surface area contributed by atoms with Crippen molar-refractivity contribution in [1.29, 1.82) is 0 Å². The predicted octanol–water partition coefficient (Wildman–Crippen LogP) is 3.69. The molecule has 2 aromatic carbocycles. The van der Waals surface area contributed by atoms with Crippen LogP contribution in [0.15, 0.2) is 54.6 Å². The van der Waals surface area contributed by atoms with Crippen molar-refractivity contribution in [2.45, 2.75) is 19.8 Å². The van der Waals surface area contributed by atoms with E-state index in [-0.39, 0.29) is 23.7 Å². The van der Waals surface area contributed by atoms with E-state index in [1.165, 1.54) is 0 Å². The molecule has 1 fully saturated rings. The number of carbonyl (C=O) groups excluding carboxylic acids is 2. The van der Waals surface area contributed by atoms with Gasteiger partial charge in [-0.15, -0.1) is 0 Å². The van der Waals surface area contributed by atoms with Crippen LogP contribution in [0.3, 0.4) is 0 Å². The average Bonchev–Trinajstić information content (AvgIpc) is 3.44. The lowest BCUT2D eigenvalue weighted by molar-refractivity contribution is -0.126. The third-order valence-electron chi connectivity index (χ3n) is 4.70.